The number of nitrogens with one attached hydrogen (secondary N) is 2. The molecule has 1 aliphatic heterocycles. The highest BCUT2D eigenvalue weighted by molar-refractivity contribution is 7.92. The highest BCUT2D eigenvalue weighted by atomic mass is 32.2. The van der Waals surface area contributed by atoms with Gasteiger partial charge in [0, 0.05) is 17.7 Å². The Labute approximate surface area is 147 Å². The number of benzene rings is 2. The fourth-order valence-electron chi connectivity index (χ4n) is 2.62. The second-order valence-electron chi connectivity index (χ2n) is 5.39. The number of ether oxygens (including phenoxy) is 1. The minimum Gasteiger partial charge on any atom is -0.433 e. The first kappa shape index (κ1) is 18.1. The van der Waals surface area contributed by atoms with Gasteiger partial charge in [-0.15, -0.1) is 0 Å². The van der Waals surface area contributed by atoms with Crippen LogP contribution in [0, 0.1) is 5.82 Å². The standard InChI is InChI=1S/C16H13F3N2O4S/c17-14-9-7-8-20-15(22)10(9)5-6-11(14)21-26(23,24)13-4-2-1-3-12(13)25-16(18)19/h1-6,16,21H,7-8H2,(H,20,22). The molecular weight excluding hydrogens is 373 g/mol. The van der Waals surface area contributed by atoms with Crippen molar-refractivity contribution in [2.75, 3.05) is 11.3 Å². The Morgan fingerprint density at radius 1 is 1.15 bits per heavy atom. The summed E-state index contributed by atoms with van der Waals surface area (Å²) in [6.45, 7) is -2.99. The molecule has 0 fully saturated rings. The number of halogens is 3. The molecule has 0 spiro atoms. The fourth-order valence-corrected chi connectivity index (χ4v) is 3.81. The minimum atomic E-state index is -4.40. The predicted octanol–water partition coefficient (Wildman–Crippen LogP) is 2.51. The van der Waals surface area contributed by atoms with Gasteiger partial charge in [0.25, 0.3) is 15.9 Å². The topological polar surface area (TPSA) is 84.5 Å². The Bertz CT molecular complexity index is 964. The number of sulfonamides is 1. The molecular formula is C16H13F3N2O4S. The van der Waals surface area contributed by atoms with Crippen molar-refractivity contribution in [1.29, 1.82) is 0 Å². The van der Waals surface area contributed by atoms with E-state index in [2.05, 4.69) is 10.1 Å². The van der Waals surface area contributed by atoms with E-state index in [-0.39, 0.29) is 29.8 Å². The maximum absolute atomic E-state index is 14.6. The van der Waals surface area contributed by atoms with Crippen molar-refractivity contribution >= 4 is 21.6 Å². The number of fused-ring (bicyclic) bond motifs is 1. The van der Waals surface area contributed by atoms with Crippen LogP contribution in [0.5, 0.6) is 5.75 Å². The third-order valence-electron chi connectivity index (χ3n) is 3.75. The van der Waals surface area contributed by atoms with Crippen molar-refractivity contribution in [3.05, 3.63) is 53.3 Å². The Balaban J connectivity index is 1.98. The first-order valence-electron chi connectivity index (χ1n) is 7.46. The molecule has 0 bridgehead atoms. The van der Waals surface area contributed by atoms with Crippen molar-refractivity contribution in [2.24, 2.45) is 0 Å². The van der Waals surface area contributed by atoms with Gasteiger partial charge in [-0.25, -0.2) is 12.8 Å². The molecule has 0 aromatic heterocycles. The number of hydrogen-bond acceptors (Lipinski definition) is 4. The van der Waals surface area contributed by atoms with Crippen LogP contribution >= 0.6 is 0 Å². The summed E-state index contributed by atoms with van der Waals surface area (Å²) in [7, 11) is -4.40. The summed E-state index contributed by atoms with van der Waals surface area (Å²) in [4.78, 5) is 11.1. The number of amides is 1. The molecule has 10 heteroatoms. The Morgan fingerprint density at radius 2 is 1.88 bits per heavy atom. The Hall–Kier alpha value is -2.75. The van der Waals surface area contributed by atoms with Crippen LogP contribution in [-0.4, -0.2) is 27.5 Å². The molecule has 1 heterocycles. The lowest BCUT2D eigenvalue weighted by Crippen LogP contribution is -2.32. The molecule has 0 saturated heterocycles. The van der Waals surface area contributed by atoms with E-state index < -0.39 is 39.0 Å². The molecule has 1 amide bonds. The van der Waals surface area contributed by atoms with Gasteiger partial charge < -0.3 is 10.1 Å². The summed E-state index contributed by atoms with van der Waals surface area (Å²) >= 11 is 0. The van der Waals surface area contributed by atoms with Gasteiger partial charge in [-0.2, -0.15) is 8.78 Å². The van der Waals surface area contributed by atoms with Crippen LogP contribution in [0.15, 0.2) is 41.3 Å². The van der Waals surface area contributed by atoms with Crippen molar-refractivity contribution in [1.82, 2.24) is 5.32 Å². The zero-order valence-corrected chi connectivity index (χ0v) is 13.9. The molecule has 6 nitrogen and oxygen atoms in total. The van der Waals surface area contributed by atoms with Gasteiger partial charge in [0.1, 0.15) is 10.6 Å². The molecule has 0 aliphatic carbocycles. The number of carbonyl (C=O) groups is 1. The van der Waals surface area contributed by atoms with Crippen molar-refractivity contribution < 1.29 is 31.1 Å². The van der Waals surface area contributed by atoms with Gasteiger partial charge in [-0.1, -0.05) is 12.1 Å². The number of alkyl halides is 2. The number of carbonyl (C=O) groups excluding carboxylic acids is 1. The average molecular weight is 386 g/mol. The van der Waals surface area contributed by atoms with E-state index in [1.165, 1.54) is 18.2 Å². The van der Waals surface area contributed by atoms with Crippen LogP contribution in [0.1, 0.15) is 15.9 Å². The van der Waals surface area contributed by atoms with Crippen LogP contribution in [-0.2, 0) is 16.4 Å². The van der Waals surface area contributed by atoms with Crippen molar-refractivity contribution in [2.45, 2.75) is 17.9 Å². The molecule has 3 rings (SSSR count). The summed E-state index contributed by atoms with van der Waals surface area (Å²) in [6.07, 6.45) is 0.202. The number of para-hydroxylation sites is 1. The zero-order chi connectivity index (χ0) is 18.9. The van der Waals surface area contributed by atoms with Gasteiger partial charge in [0.05, 0.1) is 5.69 Å². The third-order valence-corrected chi connectivity index (χ3v) is 5.15. The summed E-state index contributed by atoms with van der Waals surface area (Å²) < 4.78 is 70.8. The lowest BCUT2D eigenvalue weighted by atomic mass is 9.99. The maximum atomic E-state index is 14.6. The van der Waals surface area contributed by atoms with E-state index in [4.69, 9.17) is 0 Å². The largest absolute Gasteiger partial charge is 0.433 e. The van der Waals surface area contributed by atoms with E-state index in [0.717, 1.165) is 18.2 Å². The maximum Gasteiger partial charge on any atom is 0.387 e. The van der Waals surface area contributed by atoms with Gasteiger partial charge >= 0.3 is 6.61 Å². The lowest BCUT2D eigenvalue weighted by Gasteiger charge is -2.19. The molecule has 0 radical (unpaired) electrons. The smallest absolute Gasteiger partial charge is 0.387 e. The number of hydrogen-bond donors (Lipinski definition) is 2. The molecule has 1 aliphatic rings. The Kier molecular flexibility index (Phi) is 4.77. The number of rotatable bonds is 5. The van der Waals surface area contributed by atoms with E-state index in [9.17, 15) is 26.4 Å². The van der Waals surface area contributed by atoms with E-state index in [1.54, 1.807) is 0 Å². The molecule has 2 aromatic rings. The second kappa shape index (κ2) is 6.87. The van der Waals surface area contributed by atoms with E-state index in [1.807, 2.05) is 4.72 Å². The second-order valence-corrected chi connectivity index (χ2v) is 7.04. The first-order valence-corrected chi connectivity index (χ1v) is 8.94. The van der Waals surface area contributed by atoms with E-state index >= 15 is 0 Å². The molecule has 2 N–H and O–H groups in total. The molecule has 0 unspecified atom stereocenters. The SMILES string of the molecule is O=C1NCCc2c1ccc(NS(=O)(=O)c1ccccc1OC(F)F)c2F. The third kappa shape index (κ3) is 3.45. The zero-order valence-electron chi connectivity index (χ0n) is 13.1. The van der Waals surface area contributed by atoms with E-state index in [0.29, 0.717) is 0 Å². The van der Waals surface area contributed by atoms with Crippen LogP contribution in [0.3, 0.4) is 0 Å². The normalized spacial score (nSPS) is 13.9. The monoisotopic (exact) mass is 386 g/mol. The highest BCUT2D eigenvalue weighted by Gasteiger charge is 2.26. The average Bonchev–Trinajstić information content (AvgIpc) is 2.58. The summed E-state index contributed by atoms with van der Waals surface area (Å²) in [5.41, 5.74) is -0.172. The lowest BCUT2D eigenvalue weighted by molar-refractivity contribution is -0.0517. The first-order chi connectivity index (χ1) is 12.3. The Morgan fingerprint density at radius 3 is 2.62 bits per heavy atom. The predicted molar refractivity (Wildman–Crippen MR) is 86.3 cm³/mol. The van der Waals surface area contributed by atoms with Gasteiger partial charge in [-0.05, 0) is 30.7 Å². The summed E-state index contributed by atoms with van der Waals surface area (Å²) in [5, 5.41) is 2.55. The minimum absolute atomic E-state index is 0.0889. The fraction of sp³-hybridized carbons (Fsp3) is 0.188. The summed E-state index contributed by atoms with van der Waals surface area (Å²) in [6, 6.07) is 7.17. The molecule has 138 valence electrons. The van der Waals surface area contributed by atoms with Crippen LogP contribution in [0.4, 0.5) is 18.9 Å². The molecule has 0 saturated carbocycles. The highest BCUT2D eigenvalue weighted by Crippen LogP contribution is 2.30. The van der Waals surface area contributed by atoms with Crippen LogP contribution < -0.4 is 14.8 Å². The van der Waals surface area contributed by atoms with Gasteiger partial charge in [0.15, 0.2) is 5.82 Å². The van der Waals surface area contributed by atoms with Crippen molar-refractivity contribution in [3.63, 3.8) is 0 Å². The van der Waals surface area contributed by atoms with Crippen LogP contribution in [0.25, 0.3) is 0 Å². The quantitative estimate of drug-likeness (QED) is 0.827. The molecule has 2 aromatic carbocycles. The molecule has 26 heavy (non-hydrogen) atoms. The van der Waals surface area contributed by atoms with Gasteiger partial charge in [-0.3, -0.25) is 9.52 Å². The molecule has 0 atom stereocenters. The summed E-state index contributed by atoms with van der Waals surface area (Å²) in [5.74, 6) is -1.89. The van der Waals surface area contributed by atoms with Crippen molar-refractivity contribution in [3.8, 4) is 5.75 Å². The van der Waals surface area contributed by atoms with Crippen LogP contribution in [0.2, 0.25) is 0 Å². The number of anilines is 1. The van der Waals surface area contributed by atoms with Gasteiger partial charge in [0.2, 0.25) is 0 Å².